The first-order valence-corrected chi connectivity index (χ1v) is 5.95. The normalized spacial score (nSPS) is 10.8. The molecule has 1 aromatic heterocycles. The van der Waals surface area contributed by atoms with Crippen molar-refractivity contribution in [1.82, 2.24) is 10.3 Å². The first-order valence-electron chi connectivity index (χ1n) is 5.95. The lowest BCUT2D eigenvalue weighted by Gasteiger charge is -2.04. The summed E-state index contributed by atoms with van der Waals surface area (Å²) in [5, 5.41) is 11.4. The molecule has 0 fully saturated rings. The number of aromatic nitrogens is 1. The lowest BCUT2D eigenvalue weighted by atomic mass is 10.1. The lowest BCUT2D eigenvalue weighted by Crippen LogP contribution is -2.19. The molecule has 2 aromatic rings. The van der Waals surface area contributed by atoms with Crippen molar-refractivity contribution in [3.8, 4) is 6.19 Å². The summed E-state index contributed by atoms with van der Waals surface area (Å²) in [5.41, 5.74) is 3.18. The number of nitrogens with one attached hydrogen (secondary N) is 1. The topological polar surface area (TPSA) is 61.1 Å². The summed E-state index contributed by atoms with van der Waals surface area (Å²) in [6.45, 7) is 2.58. The third-order valence-electron chi connectivity index (χ3n) is 2.67. The second kappa shape index (κ2) is 6.31. The fourth-order valence-electron chi connectivity index (χ4n) is 1.63. The zero-order valence-corrected chi connectivity index (χ0v) is 10.7. The summed E-state index contributed by atoms with van der Waals surface area (Å²) < 4.78 is 0. The van der Waals surface area contributed by atoms with Gasteiger partial charge in [-0.2, -0.15) is 5.26 Å². The Balaban J connectivity index is 2.18. The van der Waals surface area contributed by atoms with E-state index in [4.69, 9.17) is 5.26 Å². The second-order valence-corrected chi connectivity index (χ2v) is 4.12. The van der Waals surface area contributed by atoms with E-state index in [1.54, 1.807) is 12.4 Å². The van der Waals surface area contributed by atoms with Crippen LogP contribution in [0.15, 0.2) is 53.8 Å². The van der Waals surface area contributed by atoms with Crippen LogP contribution in [0.3, 0.4) is 0 Å². The van der Waals surface area contributed by atoms with Crippen molar-refractivity contribution >= 4 is 5.84 Å². The monoisotopic (exact) mass is 250 g/mol. The van der Waals surface area contributed by atoms with Crippen molar-refractivity contribution < 1.29 is 0 Å². The van der Waals surface area contributed by atoms with Gasteiger partial charge in [0.2, 0.25) is 0 Å². The predicted octanol–water partition coefficient (Wildman–Crippen LogP) is 2.41. The van der Waals surface area contributed by atoms with Crippen LogP contribution < -0.4 is 5.32 Å². The molecule has 0 amide bonds. The molecule has 0 radical (unpaired) electrons. The molecule has 1 heterocycles. The Morgan fingerprint density at radius 1 is 1.21 bits per heavy atom. The molecule has 2 rings (SSSR count). The van der Waals surface area contributed by atoms with Crippen LogP contribution in [0.5, 0.6) is 0 Å². The molecular formula is C15H14N4. The molecule has 0 aliphatic heterocycles. The van der Waals surface area contributed by atoms with E-state index in [-0.39, 0.29) is 0 Å². The van der Waals surface area contributed by atoms with Gasteiger partial charge >= 0.3 is 0 Å². The smallest absolute Gasteiger partial charge is 0.182 e. The standard InChI is InChI=1S/C15H14N4/c1-12-2-4-13(5-3-12)10-18-15(19-11-16)14-6-8-17-9-7-14/h2-9H,10H2,1H3,(H,18,19). The molecule has 0 saturated heterocycles. The Morgan fingerprint density at radius 3 is 2.53 bits per heavy atom. The highest BCUT2D eigenvalue weighted by Crippen LogP contribution is 2.06. The van der Waals surface area contributed by atoms with E-state index < -0.39 is 0 Å². The van der Waals surface area contributed by atoms with Crippen LogP contribution in [0.4, 0.5) is 0 Å². The maximum Gasteiger partial charge on any atom is 0.182 e. The van der Waals surface area contributed by atoms with E-state index in [1.807, 2.05) is 37.4 Å². The number of rotatable bonds is 3. The summed E-state index contributed by atoms with van der Waals surface area (Å²) >= 11 is 0. The summed E-state index contributed by atoms with van der Waals surface area (Å²) in [5.74, 6) is 0.561. The van der Waals surface area contributed by atoms with Crippen molar-refractivity contribution in [1.29, 1.82) is 5.26 Å². The molecule has 0 saturated carbocycles. The SMILES string of the molecule is Cc1ccc(CN=C(NC#N)c2ccncc2)cc1. The number of nitriles is 1. The molecule has 1 aromatic carbocycles. The van der Waals surface area contributed by atoms with Gasteiger partial charge < -0.3 is 0 Å². The second-order valence-electron chi connectivity index (χ2n) is 4.12. The Hall–Kier alpha value is -2.67. The first-order chi connectivity index (χ1) is 9.29. The number of hydrogen-bond acceptors (Lipinski definition) is 3. The van der Waals surface area contributed by atoms with Gasteiger partial charge in [-0.25, -0.2) is 0 Å². The third kappa shape index (κ3) is 3.65. The summed E-state index contributed by atoms with van der Waals surface area (Å²) in [7, 11) is 0. The molecule has 0 bridgehead atoms. The van der Waals surface area contributed by atoms with Gasteiger partial charge in [0, 0.05) is 18.0 Å². The van der Waals surface area contributed by atoms with Crippen LogP contribution in [0.2, 0.25) is 0 Å². The van der Waals surface area contributed by atoms with Gasteiger partial charge in [0.05, 0.1) is 6.54 Å². The quantitative estimate of drug-likeness (QED) is 0.394. The molecule has 0 atom stereocenters. The maximum atomic E-state index is 8.77. The zero-order chi connectivity index (χ0) is 13.5. The van der Waals surface area contributed by atoms with E-state index >= 15 is 0 Å². The van der Waals surface area contributed by atoms with Crippen molar-refractivity contribution in [3.63, 3.8) is 0 Å². The van der Waals surface area contributed by atoms with E-state index in [0.717, 1.165) is 11.1 Å². The average molecular weight is 250 g/mol. The summed E-state index contributed by atoms with van der Waals surface area (Å²) in [4.78, 5) is 8.39. The Labute approximate surface area is 112 Å². The summed E-state index contributed by atoms with van der Waals surface area (Å²) in [6.07, 6.45) is 5.26. The summed E-state index contributed by atoms with van der Waals surface area (Å²) in [6, 6.07) is 11.8. The number of benzene rings is 1. The van der Waals surface area contributed by atoms with Gasteiger partial charge in [-0.05, 0) is 24.6 Å². The molecule has 0 aliphatic rings. The first kappa shape index (κ1) is 12.8. The Morgan fingerprint density at radius 2 is 1.89 bits per heavy atom. The number of aryl methyl sites for hydroxylation is 1. The van der Waals surface area contributed by atoms with Gasteiger partial charge in [-0.1, -0.05) is 29.8 Å². The molecule has 0 unspecified atom stereocenters. The van der Waals surface area contributed by atoms with E-state index in [9.17, 15) is 0 Å². The molecule has 1 N–H and O–H groups in total. The highest BCUT2D eigenvalue weighted by Gasteiger charge is 2.01. The van der Waals surface area contributed by atoms with Crippen molar-refractivity contribution in [3.05, 3.63) is 65.5 Å². The van der Waals surface area contributed by atoms with E-state index in [0.29, 0.717) is 12.4 Å². The average Bonchev–Trinajstić information content (AvgIpc) is 2.46. The number of amidine groups is 1. The van der Waals surface area contributed by atoms with E-state index in [2.05, 4.69) is 27.4 Å². The van der Waals surface area contributed by atoms with Crippen molar-refractivity contribution in [2.75, 3.05) is 0 Å². The fraction of sp³-hybridized carbons (Fsp3) is 0.133. The van der Waals surface area contributed by atoms with Crippen molar-refractivity contribution in [2.24, 2.45) is 4.99 Å². The molecule has 4 heteroatoms. The highest BCUT2D eigenvalue weighted by molar-refractivity contribution is 5.99. The zero-order valence-electron chi connectivity index (χ0n) is 10.7. The Bertz CT molecular complexity index is 594. The fourth-order valence-corrected chi connectivity index (χ4v) is 1.63. The van der Waals surface area contributed by atoms with Gasteiger partial charge in [0.15, 0.2) is 6.19 Å². The molecule has 0 spiro atoms. The van der Waals surface area contributed by atoms with Gasteiger partial charge in [-0.15, -0.1) is 0 Å². The third-order valence-corrected chi connectivity index (χ3v) is 2.67. The van der Waals surface area contributed by atoms with Gasteiger partial charge in [0.1, 0.15) is 5.84 Å². The molecule has 94 valence electrons. The predicted molar refractivity (Wildman–Crippen MR) is 74.4 cm³/mol. The number of pyridine rings is 1. The molecule has 19 heavy (non-hydrogen) atoms. The van der Waals surface area contributed by atoms with E-state index in [1.165, 1.54) is 5.56 Å². The number of nitrogens with zero attached hydrogens (tertiary/aromatic N) is 3. The minimum atomic E-state index is 0.534. The molecular weight excluding hydrogens is 236 g/mol. The number of hydrogen-bond donors (Lipinski definition) is 1. The molecule has 4 nitrogen and oxygen atoms in total. The van der Waals surface area contributed by atoms with Crippen molar-refractivity contribution in [2.45, 2.75) is 13.5 Å². The largest absolute Gasteiger partial charge is 0.277 e. The highest BCUT2D eigenvalue weighted by atomic mass is 15.0. The van der Waals surface area contributed by atoms with Crippen LogP contribution in [0, 0.1) is 18.4 Å². The Kier molecular flexibility index (Phi) is 4.25. The van der Waals surface area contributed by atoms with Gasteiger partial charge in [-0.3, -0.25) is 15.3 Å². The van der Waals surface area contributed by atoms with Crippen LogP contribution in [0.1, 0.15) is 16.7 Å². The molecule has 0 aliphatic carbocycles. The van der Waals surface area contributed by atoms with Crippen LogP contribution >= 0.6 is 0 Å². The van der Waals surface area contributed by atoms with Crippen LogP contribution in [-0.4, -0.2) is 10.8 Å². The minimum Gasteiger partial charge on any atom is -0.277 e. The minimum absolute atomic E-state index is 0.534. The van der Waals surface area contributed by atoms with Gasteiger partial charge in [0.25, 0.3) is 0 Å². The van der Waals surface area contributed by atoms with Crippen LogP contribution in [-0.2, 0) is 6.54 Å². The number of aliphatic imine (C=N–C) groups is 1. The van der Waals surface area contributed by atoms with Crippen LogP contribution in [0.25, 0.3) is 0 Å². The maximum absolute atomic E-state index is 8.77. The lowest BCUT2D eigenvalue weighted by molar-refractivity contribution is 1.04.